The van der Waals surface area contributed by atoms with Gasteiger partial charge in [0.1, 0.15) is 0 Å². The van der Waals surface area contributed by atoms with Gasteiger partial charge in [0.05, 0.1) is 5.02 Å². The summed E-state index contributed by atoms with van der Waals surface area (Å²) in [5.41, 5.74) is 0. The van der Waals surface area contributed by atoms with Gasteiger partial charge in [-0.3, -0.25) is 0 Å². The van der Waals surface area contributed by atoms with Crippen LogP contribution in [0.25, 0.3) is 0 Å². The molecule has 1 aromatic rings. The molecule has 1 fully saturated rings. The lowest BCUT2D eigenvalue weighted by Crippen LogP contribution is -2.29. The lowest BCUT2D eigenvalue weighted by atomic mass is 10.4. The molecule has 1 N–H and O–H groups in total. The van der Waals surface area contributed by atoms with Crippen LogP contribution in [-0.2, 0) is 6.54 Å². The van der Waals surface area contributed by atoms with E-state index in [1.807, 2.05) is 11.4 Å². The van der Waals surface area contributed by atoms with Gasteiger partial charge in [-0.25, -0.2) is 0 Å². The molecule has 0 spiro atoms. The largest absolute Gasteiger partial charge is 0.311 e. The number of halogens is 1. The van der Waals surface area contributed by atoms with Gasteiger partial charge in [0.15, 0.2) is 0 Å². The van der Waals surface area contributed by atoms with Crippen molar-refractivity contribution < 1.29 is 0 Å². The summed E-state index contributed by atoms with van der Waals surface area (Å²) in [4.78, 5) is 3.77. The summed E-state index contributed by atoms with van der Waals surface area (Å²) in [5, 5.41) is 6.38. The molecule has 4 heteroatoms. The van der Waals surface area contributed by atoms with E-state index < -0.39 is 0 Å². The Morgan fingerprint density at radius 3 is 2.87 bits per heavy atom. The highest BCUT2D eigenvalue weighted by molar-refractivity contribution is 7.10. The molecule has 0 bridgehead atoms. The molecule has 1 aliphatic rings. The molecule has 1 saturated heterocycles. The third-order valence-electron chi connectivity index (χ3n) is 2.78. The van der Waals surface area contributed by atoms with Crippen LogP contribution in [0.2, 0.25) is 5.02 Å². The Kier molecular flexibility index (Phi) is 4.44. The number of likely N-dealkylation sites (tertiary alicyclic amines) is 1. The topological polar surface area (TPSA) is 15.3 Å². The number of thiophene rings is 1. The van der Waals surface area contributed by atoms with Gasteiger partial charge in [0, 0.05) is 24.5 Å². The van der Waals surface area contributed by atoms with Gasteiger partial charge in [-0.05, 0) is 37.4 Å². The average molecular weight is 245 g/mol. The molecule has 2 rings (SSSR count). The van der Waals surface area contributed by atoms with Crippen molar-refractivity contribution in [2.45, 2.75) is 19.4 Å². The Labute approximate surface area is 100 Å². The van der Waals surface area contributed by atoms with Crippen molar-refractivity contribution in [2.24, 2.45) is 0 Å². The molecule has 15 heavy (non-hydrogen) atoms. The van der Waals surface area contributed by atoms with Crippen LogP contribution < -0.4 is 5.32 Å². The zero-order valence-corrected chi connectivity index (χ0v) is 10.4. The van der Waals surface area contributed by atoms with Crippen molar-refractivity contribution in [1.82, 2.24) is 10.2 Å². The molecule has 0 saturated carbocycles. The molecule has 0 radical (unpaired) electrons. The Hall–Kier alpha value is -0.0900. The first-order valence-corrected chi connectivity index (χ1v) is 6.77. The van der Waals surface area contributed by atoms with Gasteiger partial charge in [-0.2, -0.15) is 0 Å². The minimum atomic E-state index is 0.897. The maximum Gasteiger partial charge on any atom is 0.0558 e. The maximum atomic E-state index is 6.01. The second kappa shape index (κ2) is 5.85. The second-order valence-electron chi connectivity index (χ2n) is 3.92. The van der Waals surface area contributed by atoms with Crippen molar-refractivity contribution in [3.8, 4) is 0 Å². The third-order valence-corrected chi connectivity index (χ3v) is 4.17. The Bertz CT molecular complexity index is 295. The van der Waals surface area contributed by atoms with Crippen molar-refractivity contribution in [3.63, 3.8) is 0 Å². The highest BCUT2D eigenvalue weighted by Crippen LogP contribution is 2.21. The predicted octanol–water partition coefficient (Wildman–Crippen LogP) is 2.59. The summed E-state index contributed by atoms with van der Waals surface area (Å²) < 4.78 is 0. The maximum absolute atomic E-state index is 6.01. The quantitative estimate of drug-likeness (QED) is 0.801. The summed E-state index contributed by atoms with van der Waals surface area (Å²) in [7, 11) is 0. The van der Waals surface area contributed by atoms with Crippen LogP contribution in [0.5, 0.6) is 0 Å². The summed E-state index contributed by atoms with van der Waals surface area (Å²) in [6.07, 6.45) is 2.74. The third kappa shape index (κ3) is 3.45. The molecule has 0 amide bonds. The zero-order chi connectivity index (χ0) is 10.5. The van der Waals surface area contributed by atoms with Crippen LogP contribution in [0.1, 0.15) is 17.7 Å². The minimum Gasteiger partial charge on any atom is -0.311 e. The number of hydrogen-bond acceptors (Lipinski definition) is 3. The molecule has 84 valence electrons. The van der Waals surface area contributed by atoms with Gasteiger partial charge < -0.3 is 10.2 Å². The Balaban J connectivity index is 1.60. The summed E-state index contributed by atoms with van der Waals surface area (Å²) in [6, 6.07) is 1.96. The second-order valence-corrected chi connectivity index (χ2v) is 5.33. The van der Waals surface area contributed by atoms with Crippen molar-refractivity contribution >= 4 is 22.9 Å². The van der Waals surface area contributed by atoms with Gasteiger partial charge in [-0.1, -0.05) is 11.6 Å². The molecule has 2 heterocycles. The first kappa shape index (κ1) is 11.4. The van der Waals surface area contributed by atoms with E-state index in [4.69, 9.17) is 11.6 Å². The van der Waals surface area contributed by atoms with E-state index in [0.29, 0.717) is 0 Å². The fourth-order valence-electron chi connectivity index (χ4n) is 1.90. The van der Waals surface area contributed by atoms with Gasteiger partial charge in [0.2, 0.25) is 0 Å². The van der Waals surface area contributed by atoms with Crippen molar-refractivity contribution in [1.29, 1.82) is 0 Å². The molecule has 0 unspecified atom stereocenters. The van der Waals surface area contributed by atoms with E-state index in [1.165, 1.54) is 37.4 Å². The molecule has 0 aromatic carbocycles. The summed E-state index contributed by atoms with van der Waals surface area (Å²) >= 11 is 7.73. The van der Waals surface area contributed by atoms with E-state index >= 15 is 0 Å². The van der Waals surface area contributed by atoms with Crippen LogP contribution in [0.15, 0.2) is 11.4 Å². The molecular weight excluding hydrogens is 228 g/mol. The highest BCUT2D eigenvalue weighted by Gasteiger charge is 2.10. The van der Waals surface area contributed by atoms with Gasteiger partial charge >= 0.3 is 0 Å². The Morgan fingerprint density at radius 2 is 2.20 bits per heavy atom. The predicted molar refractivity (Wildman–Crippen MR) is 66.7 cm³/mol. The fraction of sp³-hybridized carbons (Fsp3) is 0.636. The van der Waals surface area contributed by atoms with Crippen molar-refractivity contribution in [3.05, 3.63) is 21.3 Å². The van der Waals surface area contributed by atoms with Crippen LogP contribution in [0.4, 0.5) is 0 Å². The van der Waals surface area contributed by atoms with Crippen LogP contribution in [0.3, 0.4) is 0 Å². The lowest BCUT2D eigenvalue weighted by Gasteiger charge is -2.14. The van der Waals surface area contributed by atoms with Crippen LogP contribution >= 0.6 is 22.9 Å². The van der Waals surface area contributed by atoms with E-state index in [9.17, 15) is 0 Å². The average Bonchev–Trinajstić information content (AvgIpc) is 2.85. The minimum absolute atomic E-state index is 0.897. The first-order chi connectivity index (χ1) is 7.36. The smallest absolute Gasteiger partial charge is 0.0558 e. The number of hydrogen-bond donors (Lipinski definition) is 1. The summed E-state index contributed by atoms with van der Waals surface area (Å²) in [6.45, 7) is 5.70. The zero-order valence-electron chi connectivity index (χ0n) is 8.84. The molecule has 1 aromatic heterocycles. The molecule has 2 nitrogen and oxygen atoms in total. The van der Waals surface area contributed by atoms with Crippen LogP contribution in [-0.4, -0.2) is 31.1 Å². The lowest BCUT2D eigenvalue weighted by molar-refractivity contribution is 0.336. The van der Waals surface area contributed by atoms with E-state index in [2.05, 4.69) is 10.2 Å². The SMILES string of the molecule is Clc1ccsc1CNCCN1CCCC1. The summed E-state index contributed by atoms with van der Waals surface area (Å²) in [5.74, 6) is 0. The van der Waals surface area contributed by atoms with E-state index in [1.54, 1.807) is 11.3 Å². The normalized spacial score (nSPS) is 17.4. The molecule has 1 aliphatic heterocycles. The first-order valence-electron chi connectivity index (χ1n) is 5.51. The van der Waals surface area contributed by atoms with Crippen LogP contribution in [0, 0.1) is 0 Å². The Morgan fingerprint density at radius 1 is 1.40 bits per heavy atom. The number of nitrogens with one attached hydrogen (secondary N) is 1. The molecule has 0 aliphatic carbocycles. The standard InChI is InChI=1S/C11H17ClN2S/c12-10-3-8-15-11(10)9-13-4-7-14-5-1-2-6-14/h3,8,13H,1-2,4-7,9H2. The molecular formula is C11H17ClN2S. The number of rotatable bonds is 5. The van der Waals surface area contributed by atoms with E-state index in [-0.39, 0.29) is 0 Å². The highest BCUT2D eigenvalue weighted by atomic mass is 35.5. The number of nitrogens with zero attached hydrogens (tertiary/aromatic N) is 1. The molecule has 0 atom stereocenters. The van der Waals surface area contributed by atoms with Gasteiger partial charge in [0.25, 0.3) is 0 Å². The van der Waals surface area contributed by atoms with Crippen molar-refractivity contribution in [2.75, 3.05) is 26.2 Å². The van der Waals surface area contributed by atoms with Gasteiger partial charge in [-0.15, -0.1) is 11.3 Å². The fourth-order valence-corrected chi connectivity index (χ4v) is 2.97. The van der Waals surface area contributed by atoms with E-state index in [0.717, 1.165) is 18.1 Å². The monoisotopic (exact) mass is 244 g/mol.